The summed E-state index contributed by atoms with van der Waals surface area (Å²) in [4.78, 5) is 11.8. The maximum Gasteiger partial charge on any atom is 0.433 e. The third kappa shape index (κ3) is 3.43. The Morgan fingerprint density at radius 1 is 1.38 bits per heavy atom. The molecule has 0 saturated carbocycles. The summed E-state index contributed by atoms with van der Waals surface area (Å²) in [6.07, 6.45) is -1.84. The predicted octanol–water partition coefficient (Wildman–Crippen LogP) is 6.11. The molecule has 0 aliphatic carbocycles. The number of halogens is 4. The molecule has 1 unspecified atom stereocenters. The van der Waals surface area contributed by atoms with Gasteiger partial charge in [0.25, 0.3) is 0 Å². The molecule has 1 aromatic rings. The maximum absolute atomic E-state index is 14.4. The van der Waals surface area contributed by atoms with Crippen LogP contribution in [0.4, 0.5) is 13.2 Å². The molecule has 26 heavy (non-hydrogen) atoms. The molecular weight excluding hydrogens is 369 g/mol. The van der Waals surface area contributed by atoms with Gasteiger partial charge in [0.1, 0.15) is 5.75 Å². The van der Waals surface area contributed by atoms with Gasteiger partial charge in [-0.3, -0.25) is 0 Å². The van der Waals surface area contributed by atoms with Crippen LogP contribution in [0.2, 0.25) is 5.02 Å². The van der Waals surface area contributed by atoms with E-state index in [1.165, 1.54) is 19.9 Å². The van der Waals surface area contributed by atoms with E-state index < -0.39 is 28.7 Å². The third-order valence-corrected chi connectivity index (χ3v) is 5.06. The Morgan fingerprint density at radius 3 is 2.58 bits per heavy atom. The number of ether oxygens (including phenoxy) is 1. The highest BCUT2D eigenvalue weighted by atomic mass is 35.5. The number of unbranched alkanes of at least 4 members (excludes halogenated alkanes) is 2. The SMILES string of the molecule is [2H]c1cc2c(cc1Cl)C=C(C(=O)O)C(C(F)(F)F)(C(C)(C)CCCCC)O2. The summed E-state index contributed by atoms with van der Waals surface area (Å²) >= 11 is 5.87. The van der Waals surface area contributed by atoms with Crippen molar-refractivity contribution in [2.24, 2.45) is 5.41 Å². The first kappa shape index (κ1) is 19.1. The largest absolute Gasteiger partial charge is 0.478 e. The van der Waals surface area contributed by atoms with E-state index in [-0.39, 0.29) is 28.8 Å². The van der Waals surface area contributed by atoms with Gasteiger partial charge in [0.05, 0.1) is 6.94 Å². The van der Waals surface area contributed by atoms with Gasteiger partial charge in [-0.05, 0) is 30.7 Å². The van der Waals surface area contributed by atoms with Crippen molar-refractivity contribution in [1.29, 1.82) is 0 Å². The Balaban J connectivity index is 2.72. The second-order valence-electron chi connectivity index (χ2n) is 7.09. The molecular formula is C19H22ClF3O3. The lowest BCUT2D eigenvalue weighted by molar-refractivity contribution is -0.270. The molecule has 1 aliphatic heterocycles. The highest BCUT2D eigenvalue weighted by Crippen LogP contribution is 2.56. The summed E-state index contributed by atoms with van der Waals surface area (Å²) in [5, 5.41) is 9.60. The molecule has 0 amide bonds. The fourth-order valence-corrected chi connectivity index (χ4v) is 3.62. The number of rotatable bonds is 6. The van der Waals surface area contributed by atoms with Gasteiger partial charge >= 0.3 is 12.1 Å². The lowest BCUT2D eigenvalue weighted by atomic mass is 9.65. The van der Waals surface area contributed by atoms with Gasteiger partial charge in [-0.15, -0.1) is 0 Å². The first-order valence-electron chi connectivity index (χ1n) is 8.88. The minimum Gasteiger partial charge on any atom is -0.478 e. The average Bonchev–Trinajstić information content (AvgIpc) is 2.53. The van der Waals surface area contributed by atoms with Crippen LogP contribution in [0.3, 0.4) is 0 Å². The van der Waals surface area contributed by atoms with Crippen molar-refractivity contribution in [3.8, 4) is 5.75 Å². The van der Waals surface area contributed by atoms with Gasteiger partial charge in [-0.2, -0.15) is 13.2 Å². The van der Waals surface area contributed by atoms with Crippen molar-refractivity contribution in [2.75, 3.05) is 0 Å². The van der Waals surface area contributed by atoms with Gasteiger partial charge in [0.2, 0.25) is 5.60 Å². The zero-order valence-electron chi connectivity index (χ0n) is 15.8. The molecule has 3 nitrogen and oxygen atoms in total. The van der Waals surface area contributed by atoms with Crippen LogP contribution >= 0.6 is 11.6 Å². The number of hydrogen-bond acceptors (Lipinski definition) is 2. The van der Waals surface area contributed by atoms with Crippen molar-refractivity contribution in [2.45, 2.75) is 58.2 Å². The van der Waals surface area contributed by atoms with Crippen LogP contribution in [0.25, 0.3) is 6.08 Å². The Labute approximate surface area is 157 Å². The van der Waals surface area contributed by atoms with E-state index in [9.17, 15) is 23.1 Å². The van der Waals surface area contributed by atoms with Gasteiger partial charge < -0.3 is 9.84 Å². The number of carbonyl (C=O) groups is 1. The van der Waals surface area contributed by atoms with Crippen molar-refractivity contribution in [3.05, 3.63) is 34.3 Å². The Kier molecular flexibility index (Phi) is 5.24. The summed E-state index contributed by atoms with van der Waals surface area (Å²) < 4.78 is 56.3. The van der Waals surface area contributed by atoms with Crippen LogP contribution in [0.5, 0.6) is 5.75 Å². The molecule has 7 heteroatoms. The zero-order valence-corrected chi connectivity index (χ0v) is 15.6. The van der Waals surface area contributed by atoms with E-state index in [0.29, 0.717) is 6.42 Å². The summed E-state index contributed by atoms with van der Waals surface area (Å²) in [5.74, 6) is -1.90. The molecule has 0 spiro atoms. The average molecular weight is 392 g/mol. The van der Waals surface area contributed by atoms with Crippen molar-refractivity contribution in [1.82, 2.24) is 0 Å². The quantitative estimate of drug-likeness (QED) is 0.595. The normalized spacial score (nSPS) is 20.7. The van der Waals surface area contributed by atoms with Crippen LogP contribution in [0.15, 0.2) is 23.7 Å². The molecule has 0 fully saturated rings. The summed E-state index contributed by atoms with van der Waals surface area (Å²) in [6.45, 7) is 4.67. The first-order chi connectivity index (χ1) is 12.4. The highest BCUT2D eigenvalue weighted by Gasteiger charge is 2.70. The minimum absolute atomic E-state index is 0.0000495. The Bertz CT molecular complexity index is 774. The van der Waals surface area contributed by atoms with E-state index in [4.69, 9.17) is 17.7 Å². The van der Waals surface area contributed by atoms with Crippen LogP contribution < -0.4 is 4.74 Å². The van der Waals surface area contributed by atoms with Crippen molar-refractivity contribution < 1.29 is 29.2 Å². The molecule has 0 bridgehead atoms. The van der Waals surface area contributed by atoms with Gasteiger partial charge in [0, 0.05) is 16.0 Å². The number of carboxylic acid groups (broad SMARTS) is 1. The molecule has 144 valence electrons. The molecule has 2 rings (SSSR count). The minimum atomic E-state index is -4.98. The number of benzene rings is 1. The molecule has 1 aliphatic rings. The molecule has 1 N–H and O–H groups in total. The third-order valence-electron chi connectivity index (χ3n) is 4.84. The van der Waals surface area contributed by atoms with Crippen LogP contribution in [-0.4, -0.2) is 22.9 Å². The van der Waals surface area contributed by atoms with E-state index in [1.54, 1.807) is 0 Å². The molecule has 0 aromatic heterocycles. The predicted molar refractivity (Wildman–Crippen MR) is 94.4 cm³/mol. The van der Waals surface area contributed by atoms with Crippen molar-refractivity contribution >= 4 is 23.6 Å². The maximum atomic E-state index is 14.4. The number of aliphatic carboxylic acids is 1. The summed E-state index contributed by atoms with van der Waals surface area (Å²) in [6, 6.07) is 2.14. The van der Waals surface area contributed by atoms with E-state index in [1.807, 2.05) is 6.92 Å². The molecule has 1 aromatic carbocycles. The zero-order chi connectivity index (χ0) is 20.6. The van der Waals surface area contributed by atoms with Crippen LogP contribution in [0, 0.1) is 5.41 Å². The molecule has 1 heterocycles. The monoisotopic (exact) mass is 391 g/mol. The van der Waals surface area contributed by atoms with Gasteiger partial charge in [0.15, 0.2) is 0 Å². The van der Waals surface area contributed by atoms with E-state index in [2.05, 4.69) is 0 Å². The van der Waals surface area contributed by atoms with Gasteiger partial charge in [-0.1, -0.05) is 51.6 Å². The lowest BCUT2D eigenvalue weighted by Gasteiger charge is -2.49. The number of alkyl halides is 3. The lowest BCUT2D eigenvalue weighted by Crippen LogP contribution is -2.63. The fraction of sp³-hybridized carbons (Fsp3) is 0.526. The van der Waals surface area contributed by atoms with Crippen molar-refractivity contribution in [3.63, 3.8) is 0 Å². The molecule has 0 saturated heterocycles. The summed E-state index contributed by atoms with van der Waals surface area (Å²) in [7, 11) is 0. The number of carboxylic acids is 1. The number of fused-ring (bicyclic) bond motifs is 1. The molecule has 1 atom stereocenters. The Morgan fingerprint density at radius 2 is 2.04 bits per heavy atom. The van der Waals surface area contributed by atoms with E-state index >= 15 is 0 Å². The fourth-order valence-electron chi connectivity index (χ4n) is 3.45. The summed E-state index contributed by atoms with van der Waals surface area (Å²) in [5.41, 5.74) is -5.35. The standard InChI is InChI=1S/C19H22ClF3O3/c1-4-5-6-9-17(2,3)18(19(21,22)23)14(16(24)25)11-12-10-13(20)7-8-15(12)26-18/h7-8,10-11H,4-6,9H2,1-3H3,(H,24,25)/i7D. The molecule has 0 radical (unpaired) electrons. The second kappa shape index (κ2) is 7.14. The van der Waals surface area contributed by atoms with Crippen LogP contribution in [-0.2, 0) is 4.79 Å². The topological polar surface area (TPSA) is 46.5 Å². The van der Waals surface area contributed by atoms with Crippen LogP contribution in [0.1, 0.15) is 53.4 Å². The van der Waals surface area contributed by atoms with E-state index in [0.717, 1.165) is 25.0 Å². The van der Waals surface area contributed by atoms with Gasteiger partial charge in [-0.25, -0.2) is 4.79 Å². The number of hydrogen-bond donors (Lipinski definition) is 1. The highest BCUT2D eigenvalue weighted by molar-refractivity contribution is 6.30. The Hall–Kier alpha value is -1.69. The first-order valence-corrected chi connectivity index (χ1v) is 8.76. The second-order valence-corrected chi connectivity index (χ2v) is 7.49. The smallest absolute Gasteiger partial charge is 0.433 e.